The van der Waals surface area contributed by atoms with Gasteiger partial charge in [0.15, 0.2) is 0 Å². The van der Waals surface area contributed by atoms with E-state index in [4.69, 9.17) is 10.8 Å². The Hall–Kier alpha value is -0.610. The summed E-state index contributed by atoms with van der Waals surface area (Å²) in [5, 5.41) is 11.9. The van der Waals surface area contributed by atoms with Crippen LogP contribution in [0.15, 0.2) is 0 Å². The van der Waals surface area contributed by atoms with Crippen molar-refractivity contribution in [1.82, 2.24) is 5.32 Å². The smallest absolute Gasteiger partial charge is 0.320 e. The van der Waals surface area contributed by atoms with Crippen molar-refractivity contribution in [2.24, 2.45) is 11.7 Å². The van der Waals surface area contributed by atoms with Gasteiger partial charge in [0.25, 0.3) is 0 Å². The third-order valence-corrected chi connectivity index (χ3v) is 3.05. The third-order valence-electron chi connectivity index (χ3n) is 3.05. The highest BCUT2D eigenvalue weighted by Crippen LogP contribution is 2.23. The lowest BCUT2D eigenvalue weighted by molar-refractivity contribution is -0.139. The van der Waals surface area contributed by atoms with Gasteiger partial charge in [0, 0.05) is 6.04 Å². The molecule has 0 saturated heterocycles. The normalized spacial score (nSPS) is 29.9. The number of rotatable bonds is 4. The minimum absolute atomic E-state index is 0.292. The first-order valence-corrected chi connectivity index (χ1v) is 5.34. The number of carboxylic acid groups (broad SMARTS) is 1. The van der Waals surface area contributed by atoms with E-state index in [9.17, 15) is 4.79 Å². The zero-order valence-electron chi connectivity index (χ0n) is 8.70. The van der Waals surface area contributed by atoms with Crippen LogP contribution in [0.4, 0.5) is 0 Å². The van der Waals surface area contributed by atoms with Crippen LogP contribution in [0.3, 0.4) is 0 Å². The molecule has 3 unspecified atom stereocenters. The minimum Gasteiger partial charge on any atom is -0.480 e. The fourth-order valence-corrected chi connectivity index (χ4v) is 2.10. The van der Waals surface area contributed by atoms with Crippen LogP contribution >= 0.6 is 0 Å². The van der Waals surface area contributed by atoms with Gasteiger partial charge in [0.1, 0.15) is 6.04 Å². The predicted molar refractivity (Wildman–Crippen MR) is 55.0 cm³/mol. The average Bonchev–Trinajstić information content (AvgIpc) is 2.18. The maximum absolute atomic E-state index is 10.7. The van der Waals surface area contributed by atoms with Crippen molar-refractivity contribution in [1.29, 1.82) is 0 Å². The van der Waals surface area contributed by atoms with E-state index in [1.807, 2.05) is 0 Å². The number of nitrogens with two attached hydrogens (primary N) is 1. The largest absolute Gasteiger partial charge is 0.480 e. The van der Waals surface area contributed by atoms with Gasteiger partial charge in [-0.05, 0) is 32.2 Å². The molecule has 0 amide bonds. The van der Waals surface area contributed by atoms with Crippen molar-refractivity contribution in [2.75, 3.05) is 6.54 Å². The first-order chi connectivity index (χ1) is 6.65. The zero-order chi connectivity index (χ0) is 10.6. The molecule has 1 aliphatic carbocycles. The molecule has 0 radical (unpaired) electrons. The first kappa shape index (κ1) is 11.5. The molecule has 0 bridgehead atoms. The highest BCUT2D eigenvalue weighted by Gasteiger charge is 2.26. The Balaban J connectivity index is 2.44. The molecule has 4 heteroatoms. The SMILES string of the molecule is CC(NC1CCCCC1CN)C(=O)O. The van der Waals surface area contributed by atoms with Crippen LogP contribution in [0, 0.1) is 5.92 Å². The maximum atomic E-state index is 10.7. The Morgan fingerprint density at radius 3 is 2.79 bits per heavy atom. The Bertz CT molecular complexity index is 197. The average molecular weight is 200 g/mol. The van der Waals surface area contributed by atoms with E-state index in [1.54, 1.807) is 6.92 Å². The fourth-order valence-electron chi connectivity index (χ4n) is 2.10. The molecule has 1 fully saturated rings. The molecule has 0 aliphatic heterocycles. The Morgan fingerprint density at radius 2 is 2.21 bits per heavy atom. The fraction of sp³-hybridized carbons (Fsp3) is 0.900. The molecule has 0 spiro atoms. The van der Waals surface area contributed by atoms with Crippen molar-refractivity contribution in [2.45, 2.75) is 44.7 Å². The summed E-state index contributed by atoms with van der Waals surface area (Å²) < 4.78 is 0. The summed E-state index contributed by atoms with van der Waals surface area (Å²) in [5.41, 5.74) is 5.66. The maximum Gasteiger partial charge on any atom is 0.320 e. The Kier molecular flexibility index (Phi) is 4.35. The van der Waals surface area contributed by atoms with E-state index in [-0.39, 0.29) is 0 Å². The molecule has 1 saturated carbocycles. The van der Waals surface area contributed by atoms with Crippen molar-refractivity contribution in [3.05, 3.63) is 0 Å². The van der Waals surface area contributed by atoms with E-state index >= 15 is 0 Å². The molecule has 1 rings (SSSR count). The summed E-state index contributed by atoms with van der Waals surface area (Å²) >= 11 is 0. The van der Waals surface area contributed by atoms with Crippen LogP contribution in [-0.2, 0) is 4.79 Å². The molecule has 0 aromatic rings. The van der Waals surface area contributed by atoms with E-state index in [0.29, 0.717) is 18.5 Å². The number of hydrogen-bond acceptors (Lipinski definition) is 3. The molecule has 0 aromatic heterocycles. The lowest BCUT2D eigenvalue weighted by Gasteiger charge is -2.32. The first-order valence-electron chi connectivity index (χ1n) is 5.34. The lowest BCUT2D eigenvalue weighted by Crippen LogP contribution is -2.48. The van der Waals surface area contributed by atoms with Gasteiger partial charge in [-0.25, -0.2) is 0 Å². The monoisotopic (exact) mass is 200 g/mol. The predicted octanol–water partition coefficient (Wildman–Crippen LogP) is 0.567. The van der Waals surface area contributed by atoms with E-state index < -0.39 is 12.0 Å². The molecule has 3 atom stereocenters. The number of carboxylic acids is 1. The van der Waals surface area contributed by atoms with Gasteiger partial charge in [0.05, 0.1) is 0 Å². The molecule has 82 valence electrons. The second-order valence-corrected chi connectivity index (χ2v) is 4.11. The van der Waals surface area contributed by atoms with Gasteiger partial charge in [-0.3, -0.25) is 4.79 Å². The number of carbonyl (C=O) groups is 1. The number of hydrogen-bond donors (Lipinski definition) is 3. The van der Waals surface area contributed by atoms with Crippen molar-refractivity contribution < 1.29 is 9.90 Å². The van der Waals surface area contributed by atoms with Gasteiger partial charge in [-0.1, -0.05) is 12.8 Å². The van der Waals surface area contributed by atoms with Crippen LogP contribution in [0.2, 0.25) is 0 Å². The van der Waals surface area contributed by atoms with E-state index in [2.05, 4.69) is 5.32 Å². The summed E-state index contributed by atoms with van der Waals surface area (Å²) in [6.07, 6.45) is 4.59. The van der Waals surface area contributed by atoms with Gasteiger partial charge < -0.3 is 16.2 Å². The number of aliphatic carboxylic acids is 1. The highest BCUT2D eigenvalue weighted by molar-refractivity contribution is 5.72. The Morgan fingerprint density at radius 1 is 1.57 bits per heavy atom. The molecule has 14 heavy (non-hydrogen) atoms. The minimum atomic E-state index is -0.786. The van der Waals surface area contributed by atoms with Gasteiger partial charge in [-0.2, -0.15) is 0 Å². The summed E-state index contributed by atoms with van der Waals surface area (Å²) in [4.78, 5) is 10.7. The van der Waals surface area contributed by atoms with Gasteiger partial charge in [0.2, 0.25) is 0 Å². The molecule has 0 heterocycles. The molecule has 1 aliphatic rings. The molecule has 4 nitrogen and oxygen atoms in total. The zero-order valence-corrected chi connectivity index (χ0v) is 8.70. The second kappa shape index (κ2) is 5.32. The Labute approximate surface area is 84.9 Å². The molecular weight excluding hydrogens is 180 g/mol. The summed E-state index contributed by atoms with van der Waals surface area (Å²) in [6, 6.07) is -0.174. The van der Waals surface area contributed by atoms with Crippen LogP contribution in [0.1, 0.15) is 32.6 Å². The summed E-state index contributed by atoms with van der Waals surface area (Å²) in [5.74, 6) is -0.336. The van der Waals surface area contributed by atoms with E-state index in [0.717, 1.165) is 12.8 Å². The van der Waals surface area contributed by atoms with Crippen LogP contribution < -0.4 is 11.1 Å². The van der Waals surface area contributed by atoms with Crippen molar-refractivity contribution >= 4 is 5.97 Å². The summed E-state index contributed by atoms with van der Waals surface area (Å²) in [6.45, 7) is 2.34. The molecule has 4 N–H and O–H groups in total. The quantitative estimate of drug-likeness (QED) is 0.620. The summed E-state index contributed by atoms with van der Waals surface area (Å²) in [7, 11) is 0. The topological polar surface area (TPSA) is 75.3 Å². The second-order valence-electron chi connectivity index (χ2n) is 4.11. The molecule has 0 aromatic carbocycles. The standard InChI is InChI=1S/C10H20N2O2/c1-7(10(13)14)12-9-5-3-2-4-8(9)6-11/h7-9,12H,2-6,11H2,1H3,(H,13,14). The molecular formula is C10H20N2O2. The third kappa shape index (κ3) is 2.96. The number of nitrogens with one attached hydrogen (secondary N) is 1. The van der Waals surface area contributed by atoms with Crippen LogP contribution in [-0.4, -0.2) is 29.7 Å². The van der Waals surface area contributed by atoms with Crippen LogP contribution in [0.25, 0.3) is 0 Å². The van der Waals surface area contributed by atoms with Gasteiger partial charge >= 0.3 is 5.97 Å². The van der Waals surface area contributed by atoms with Crippen molar-refractivity contribution in [3.8, 4) is 0 Å². The van der Waals surface area contributed by atoms with Crippen LogP contribution in [0.5, 0.6) is 0 Å². The van der Waals surface area contributed by atoms with Crippen molar-refractivity contribution in [3.63, 3.8) is 0 Å². The van der Waals surface area contributed by atoms with Gasteiger partial charge in [-0.15, -0.1) is 0 Å². The lowest BCUT2D eigenvalue weighted by atomic mass is 9.84. The van der Waals surface area contributed by atoms with E-state index in [1.165, 1.54) is 12.8 Å². The highest BCUT2D eigenvalue weighted by atomic mass is 16.4.